The van der Waals surface area contributed by atoms with Crippen LogP contribution >= 0.6 is 0 Å². The molecule has 0 atom stereocenters. The minimum atomic E-state index is -3.18. The van der Waals surface area contributed by atoms with Gasteiger partial charge in [-0.05, 0) is 20.8 Å². The maximum absolute atomic E-state index is 11.8. The maximum atomic E-state index is 11.8. The number of rotatable bonds is 6. The number of aromatic amines is 1. The predicted molar refractivity (Wildman–Crippen MR) is 83.3 cm³/mol. The van der Waals surface area contributed by atoms with E-state index >= 15 is 0 Å². The van der Waals surface area contributed by atoms with Crippen LogP contribution in [-0.4, -0.2) is 52.4 Å². The second-order valence-corrected chi connectivity index (χ2v) is 8.06. The fraction of sp³-hybridized carbons (Fsp3) is 0.583. The number of sulfone groups is 1. The first-order chi connectivity index (χ1) is 9.74. The topological polar surface area (TPSA) is 113 Å². The molecule has 0 aromatic carbocycles. The van der Waals surface area contributed by atoms with Crippen molar-refractivity contribution in [2.75, 3.05) is 30.0 Å². The highest BCUT2D eigenvalue weighted by molar-refractivity contribution is 7.92. The van der Waals surface area contributed by atoms with Crippen molar-refractivity contribution in [3.05, 3.63) is 6.33 Å². The van der Waals surface area contributed by atoms with E-state index in [1.807, 2.05) is 6.92 Å². The Morgan fingerprint density at radius 1 is 1.29 bits per heavy atom. The van der Waals surface area contributed by atoms with Gasteiger partial charge in [0.1, 0.15) is 5.52 Å². The van der Waals surface area contributed by atoms with Crippen molar-refractivity contribution in [3.8, 4) is 0 Å². The van der Waals surface area contributed by atoms with Crippen LogP contribution in [0.4, 0.5) is 11.8 Å². The summed E-state index contributed by atoms with van der Waals surface area (Å²) >= 11 is 0. The molecule has 0 aliphatic heterocycles. The molecule has 0 unspecified atom stereocenters. The van der Waals surface area contributed by atoms with E-state index in [-0.39, 0.29) is 6.54 Å². The number of hydrogen-bond donors (Lipinski definition) is 3. The van der Waals surface area contributed by atoms with Crippen molar-refractivity contribution >= 4 is 32.8 Å². The van der Waals surface area contributed by atoms with Gasteiger partial charge in [0.2, 0.25) is 5.95 Å². The molecule has 0 fully saturated rings. The molecule has 0 aliphatic rings. The third-order valence-electron chi connectivity index (χ3n) is 3.31. The minimum absolute atomic E-state index is 0.239. The smallest absolute Gasteiger partial charge is 0.226 e. The molecular formula is C12H20N6O2S. The largest absolute Gasteiger partial charge is 0.367 e. The molecule has 0 bridgehead atoms. The van der Waals surface area contributed by atoms with Crippen molar-refractivity contribution in [1.29, 1.82) is 0 Å². The molecular weight excluding hydrogens is 292 g/mol. The number of nitrogens with zero attached hydrogens (tertiary/aromatic N) is 3. The van der Waals surface area contributed by atoms with Gasteiger partial charge < -0.3 is 15.6 Å². The van der Waals surface area contributed by atoms with Crippen molar-refractivity contribution in [1.82, 2.24) is 19.9 Å². The van der Waals surface area contributed by atoms with Gasteiger partial charge in [-0.15, -0.1) is 0 Å². The lowest BCUT2D eigenvalue weighted by atomic mass is 10.2. The van der Waals surface area contributed by atoms with E-state index in [1.54, 1.807) is 13.8 Å². The maximum Gasteiger partial charge on any atom is 0.226 e. The van der Waals surface area contributed by atoms with Crippen molar-refractivity contribution < 1.29 is 8.42 Å². The zero-order chi connectivity index (χ0) is 15.7. The number of H-pyrrole nitrogens is 1. The summed E-state index contributed by atoms with van der Waals surface area (Å²) in [7, 11) is -3.18. The summed E-state index contributed by atoms with van der Waals surface area (Å²) in [5.74, 6) is 0.988. The number of fused-ring (bicyclic) bond motifs is 1. The number of nitrogens with one attached hydrogen (secondary N) is 3. The zero-order valence-corrected chi connectivity index (χ0v) is 13.4. The quantitative estimate of drug-likeness (QED) is 0.730. The van der Waals surface area contributed by atoms with Crippen LogP contribution in [-0.2, 0) is 9.84 Å². The lowest BCUT2D eigenvalue weighted by molar-refractivity contribution is 0.559. The summed E-state index contributed by atoms with van der Waals surface area (Å²) < 4.78 is 22.6. The van der Waals surface area contributed by atoms with Gasteiger partial charge in [-0.25, -0.2) is 13.4 Å². The molecule has 0 saturated carbocycles. The zero-order valence-electron chi connectivity index (χ0n) is 12.6. The predicted octanol–water partition coefficient (Wildman–Crippen LogP) is 1.02. The summed E-state index contributed by atoms with van der Waals surface area (Å²) in [6.07, 6.45) is 2.76. The van der Waals surface area contributed by atoms with Gasteiger partial charge in [-0.3, -0.25) is 0 Å². The van der Waals surface area contributed by atoms with Gasteiger partial charge in [0, 0.05) is 19.3 Å². The lowest BCUT2D eigenvalue weighted by Crippen LogP contribution is -2.38. The first-order valence-electron chi connectivity index (χ1n) is 6.63. The Kier molecular flexibility index (Phi) is 4.04. The molecule has 0 amide bonds. The lowest BCUT2D eigenvalue weighted by Gasteiger charge is -2.23. The molecule has 9 heteroatoms. The number of aromatic nitrogens is 4. The van der Waals surface area contributed by atoms with Gasteiger partial charge in [0.25, 0.3) is 0 Å². The highest BCUT2D eigenvalue weighted by Crippen LogP contribution is 2.21. The molecule has 21 heavy (non-hydrogen) atoms. The van der Waals surface area contributed by atoms with Crippen LogP contribution in [0.25, 0.3) is 11.2 Å². The monoisotopic (exact) mass is 312 g/mol. The van der Waals surface area contributed by atoms with Gasteiger partial charge in [-0.2, -0.15) is 9.97 Å². The average molecular weight is 312 g/mol. The van der Waals surface area contributed by atoms with Gasteiger partial charge >= 0.3 is 0 Å². The highest BCUT2D eigenvalue weighted by atomic mass is 32.2. The molecule has 2 aromatic heterocycles. The van der Waals surface area contributed by atoms with E-state index in [0.29, 0.717) is 29.5 Å². The summed E-state index contributed by atoms with van der Waals surface area (Å²) in [5, 5.41) is 6.10. The standard InChI is InChI=1S/C12H20N6O2S/c1-5-13-11-17-9(8-10(18-11)16-7-15-8)14-6-12(2,3)21(4,19)20/h7H,5-6H2,1-4H3,(H3,13,14,15,16,17,18). The van der Waals surface area contributed by atoms with E-state index in [9.17, 15) is 8.42 Å². The van der Waals surface area contributed by atoms with Gasteiger partial charge in [-0.1, -0.05) is 0 Å². The molecule has 8 nitrogen and oxygen atoms in total. The number of imidazole rings is 1. The van der Waals surface area contributed by atoms with E-state index in [0.717, 1.165) is 0 Å². The summed E-state index contributed by atoms with van der Waals surface area (Å²) in [5.41, 5.74) is 1.18. The Morgan fingerprint density at radius 3 is 2.62 bits per heavy atom. The van der Waals surface area contributed by atoms with E-state index in [2.05, 4.69) is 30.6 Å². The summed E-state index contributed by atoms with van der Waals surface area (Å²) in [6.45, 7) is 6.21. The van der Waals surface area contributed by atoms with Gasteiger partial charge in [0.15, 0.2) is 21.3 Å². The van der Waals surface area contributed by atoms with Crippen LogP contribution in [0.15, 0.2) is 6.33 Å². The molecule has 116 valence electrons. The molecule has 0 spiro atoms. The third-order valence-corrected chi connectivity index (χ3v) is 5.46. The first kappa shape index (κ1) is 15.5. The summed E-state index contributed by atoms with van der Waals surface area (Å²) in [6, 6.07) is 0. The third kappa shape index (κ3) is 3.23. The Hall–Kier alpha value is -1.90. The fourth-order valence-corrected chi connectivity index (χ4v) is 1.96. The second-order valence-electron chi connectivity index (χ2n) is 5.41. The first-order valence-corrected chi connectivity index (χ1v) is 8.52. The molecule has 0 aliphatic carbocycles. The molecule has 0 saturated heterocycles. The van der Waals surface area contributed by atoms with Gasteiger partial charge in [0.05, 0.1) is 11.1 Å². The average Bonchev–Trinajstić information content (AvgIpc) is 2.83. The second kappa shape index (κ2) is 5.47. The van der Waals surface area contributed by atoms with E-state index in [4.69, 9.17) is 0 Å². The highest BCUT2D eigenvalue weighted by Gasteiger charge is 2.30. The van der Waals surface area contributed by atoms with E-state index in [1.165, 1.54) is 12.6 Å². The normalized spacial score (nSPS) is 12.6. The molecule has 2 heterocycles. The Balaban J connectivity index is 2.31. The SMILES string of the molecule is CCNc1nc(NCC(C)(C)S(C)(=O)=O)c2[nH]cnc2n1. The van der Waals surface area contributed by atoms with Crippen LogP contribution in [0.3, 0.4) is 0 Å². The Labute approximate surface area is 123 Å². The van der Waals surface area contributed by atoms with Crippen molar-refractivity contribution in [3.63, 3.8) is 0 Å². The van der Waals surface area contributed by atoms with Crippen molar-refractivity contribution in [2.24, 2.45) is 0 Å². The van der Waals surface area contributed by atoms with Crippen LogP contribution in [0.5, 0.6) is 0 Å². The van der Waals surface area contributed by atoms with Crippen LogP contribution in [0.1, 0.15) is 20.8 Å². The number of hydrogen-bond acceptors (Lipinski definition) is 7. The van der Waals surface area contributed by atoms with Crippen LogP contribution in [0, 0.1) is 0 Å². The van der Waals surface area contributed by atoms with Crippen molar-refractivity contribution in [2.45, 2.75) is 25.5 Å². The van der Waals surface area contributed by atoms with Crippen LogP contribution < -0.4 is 10.6 Å². The molecule has 0 radical (unpaired) electrons. The Bertz CT molecular complexity index is 737. The van der Waals surface area contributed by atoms with E-state index < -0.39 is 14.6 Å². The summed E-state index contributed by atoms with van der Waals surface area (Å²) in [4.78, 5) is 15.7. The minimum Gasteiger partial charge on any atom is -0.367 e. The van der Waals surface area contributed by atoms with Crippen LogP contribution in [0.2, 0.25) is 0 Å². The fourth-order valence-electron chi connectivity index (χ4n) is 1.63. The molecule has 3 N–H and O–H groups in total. The number of anilines is 2. The Morgan fingerprint density at radius 2 is 2.00 bits per heavy atom. The molecule has 2 aromatic rings. The molecule has 2 rings (SSSR count).